The van der Waals surface area contributed by atoms with E-state index >= 15 is 0 Å². The van der Waals surface area contributed by atoms with E-state index in [-0.39, 0.29) is 48.0 Å². The highest BCUT2D eigenvalue weighted by Crippen LogP contribution is 2.51. The number of ether oxygens (including phenoxy) is 2. The summed E-state index contributed by atoms with van der Waals surface area (Å²) < 4.78 is 65.1. The average Bonchev–Trinajstić information content (AvgIpc) is 3.01. The van der Waals surface area contributed by atoms with Crippen LogP contribution in [0.25, 0.3) is 0 Å². The molecule has 1 aliphatic heterocycles. The molecule has 1 heterocycles. The molecule has 3 aromatic rings. The molecule has 3 aromatic carbocycles. The molecule has 0 saturated carbocycles. The first-order valence-corrected chi connectivity index (χ1v) is 14.4. The number of rotatable bonds is 7. The van der Waals surface area contributed by atoms with Gasteiger partial charge in [0.25, 0.3) is 0 Å². The fourth-order valence-electron chi connectivity index (χ4n) is 6.04. The van der Waals surface area contributed by atoms with Crippen LogP contribution < -0.4 is 10.6 Å². The average molecular weight is 623 g/mol. The third-order valence-electron chi connectivity index (χ3n) is 7.96. The lowest BCUT2D eigenvalue weighted by Crippen LogP contribution is -2.46. The van der Waals surface area contributed by atoms with Crippen LogP contribution in [-0.4, -0.2) is 30.9 Å². The predicted molar refractivity (Wildman–Crippen MR) is 157 cm³/mol. The van der Waals surface area contributed by atoms with E-state index < -0.39 is 53.0 Å². The summed E-state index contributed by atoms with van der Waals surface area (Å²) in [6, 6.07) is 18.1. The second-order valence-corrected chi connectivity index (χ2v) is 10.6. The molecule has 7 nitrogen and oxygen atoms in total. The number of carbonyl (C=O) groups excluding carboxylic acids is 3. The second kappa shape index (κ2) is 12.6. The smallest absolute Gasteiger partial charge is 0.416 e. The minimum atomic E-state index is -4.61. The summed E-state index contributed by atoms with van der Waals surface area (Å²) in [6.45, 7) is 3.16. The van der Waals surface area contributed by atoms with Crippen molar-refractivity contribution >= 4 is 23.4 Å². The van der Waals surface area contributed by atoms with Crippen molar-refractivity contribution in [3.05, 3.63) is 124 Å². The Bertz CT molecular complexity index is 1670. The van der Waals surface area contributed by atoms with Crippen LogP contribution in [0, 0.1) is 11.7 Å². The molecule has 0 fully saturated rings. The largest absolute Gasteiger partial charge is 0.465 e. The first-order chi connectivity index (χ1) is 21.5. The number of hydrogen-bond acceptors (Lipinski definition) is 7. The number of Topliss-reactive ketones (excluding diaryl/α,β-unsaturated/α-hetero) is 1. The molecule has 11 heteroatoms. The normalized spacial score (nSPS) is 20.2. The minimum Gasteiger partial charge on any atom is -0.465 e. The molecule has 0 aromatic heterocycles. The van der Waals surface area contributed by atoms with Gasteiger partial charge in [-0.05, 0) is 67.8 Å². The zero-order chi connectivity index (χ0) is 32.5. The Morgan fingerprint density at radius 3 is 2.09 bits per heavy atom. The Morgan fingerprint density at radius 1 is 0.889 bits per heavy atom. The van der Waals surface area contributed by atoms with E-state index in [0.717, 1.165) is 12.1 Å². The van der Waals surface area contributed by atoms with Gasteiger partial charge >= 0.3 is 18.1 Å². The highest BCUT2D eigenvalue weighted by molar-refractivity contribution is 6.14. The molecule has 1 aliphatic carbocycles. The quantitative estimate of drug-likeness (QED) is 0.186. The van der Waals surface area contributed by atoms with Gasteiger partial charge in [0.2, 0.25) is 0 Å². The number of alkyl halides is 3. The molecule has 5 rings (SSSR count). The van der Waals surface area contributed by atoms with E-state index in [0.29, 0.717) is 11.1 Å². The SMILES string of the molecule is CCOC(=O)C1=C(N)N(c2ccc(C(F)(F)F)cc2)C2=C(C(=O)[C@H](C(=O)OCC)[C@@H](c3ccccc3)C2)[C@@H]1c1ccc(F)cc1. The van der Waals surface area contributed by atoms with Gasteiger partial charge in [0, 0.05) is 22.9 Å². The highest BCUT2D eigenvalue weighted by Gasteiger charge is 2.51. The summed E-state index contributed by atoms with van der Waals surface area (Å²) in [5.74, 6) is -6.25. The Morgan fingerprint density at radius 2 is 1.51 bits per heavy atom. The van der Waals surface area contributed by atoms with Crippen molar-refractivity contribution in [1.82, 2.24) is 0 Å². The molecule has 2 aliphatic rings. The topological polar surface area (TPSA) is 98.9 Å². The summed E-state index contributed by atoms with van der Waals surface area (Å²) in [4.78, 5) is 43.1. The van der Waals surface area contributed by atoms with Crippen molar-refractivity contribution in [2.24, 2.45) is 11.7 Å². The molecule has 234 valence electrons. The first-order valence-electron chi connectivity index (χ1n) is 14.4. The van der Waals surface area contributed by atoms with Gasteiger partial charge in [0.05, 0.1) is 30.3 Å². The molecule has 45 heavy (non-hydrogen) atoms. The van der Waals surface area contributed by atoms with Gasteiger partial charge in [-0.15, -0.1) is 0 Å². The molecule has 2 N–H and O–H groups in total. The summed E-state index contributed by atoms with van der Waals surface area (Å²) in [7, 11) is 0. The van der Waals surface area contributed by atoms with Crippen LogP contribution in [0.2, 0.25) is 0 Å². The van der Waals surface area contributed by atoms with Gasteiger partial charge in [-0.1, -0.05) is 42.5 Å². The monoisotopic (exact) mass is 622 g/mol. The summed E-state index contributed by atoms with van der Waals surface area (Å²) >= 11 is 0. The third kappa shape index (κ3) is 5.94. The summed E-state index contributed by atoms with van der Waals surface area (Å²) in [5, 5.41) is 0. The van der Waals surface area contributed by atoms with Crippen LogP contribution in [-0.2, 0) is 30.0 Å². The van der Waals surface area contributed by atoms with Crippen LogP contribution in [0.1, 0.15) is 48.8 Å². The maximum Gasteiger partial charge on any atom is 0.416 e. The molecule has 0 unspecified atom stereocenters. The Hall–Kier alpha value is -4.93. The van der Waals surface area contributed by atoms with Crippen molar-refractivity contribution in [1.29, 1.82) is 0 Å². The number of halogens is 4. The van der Waals surface area contributed by atoms with Gasteiger partial charge in [-0.25, -0.2) is 9.18 Å². The fourth-order valence-corrected chi connectivity index (χ4v) is 6.04. The van der Waals surface area contributed by atoms with Crippen LogP contribution >= 0.6 is 0 Å². The summed E-state index contributed by atoms with van der Waals surface area (Å²) in [5.41, 5.74) is 7.08. The van der Waals surface area contributed by atoms with Crippen molar-refractivity contribution in [2.75, 3.05) is 18.1 Å². The molecule has 0 amide bonds. The third-order valence-corrected chi connectivity index (χ3v) is 7.96. The zero-order valence-electron chi connectivity index (χ0n) is 24.4. The first kappa shape index (κ1) is 31.5. The van der Waals surface area contributed by atoms with Crippen LogP contribution in [0.3, 0.4) is 0 Å². The molecule has 0 saturated heterocycles. The number of esters is 2. The maximum atomic E-state index is 14.7. The standard InChI is InChI=1S/C34H30F4N2O5/c1-3-44-32(42)27-24(19-8-6-5-7-9-19)18-25-28(30(27)41)26(20-10-14-22(35)15-11-20)29(33(43)45-4-2)31(39)40(25)23-16-12-21(13-17-23)34(36,37)38/h5-17,24,26-27H,3-4,18,39H2,1-2H3/t24-,26+,27-/m1/s1. The van der Waals surface area contributed by atoms with Gasteiger partial charge in [0.15, 0.2) is 5.78 Å². The highest BCUT2D eigenvalue weighted by atomic mass is 19.4. The van der Waals surface area contributed by atoms with Crippen molar-refractivity contribution < 1.29 is 41.4 Å². The van der Waals surface area contributed by atoms with Crippen LogP contribution in [0.5, 0.6) is 0 Å². The Kier molecular flexibility index (Phi) is 8.81. The van der Waals surface area contributed by atoms with E-state index in [2.05, 4.69) is 0 Å². The Balaban J connectivity index is 1.81. The number of hydrogen-bond donors (Lipinski definition) is 1. The minimum absolute atomic E-state index is 0.00994. The predicted octanol–water partition coefficient (Wildman–Crippen LogP) is 6.37. The number of nitrogens with zero attached hydrogens (tertiary/aromatic N) is 1. The molecule has 0 radical (unpaired) electrons. The lowest BCUT2D eigenvalue weighted by atomic mass is 9.67. The zero-order valence-corrected chi connectivity index (χ0v) is 24.4. The van der Waals surface area contributed by atoms with Gasteiger partial charge in [0.1, 0.15) is 17.6 Å². The molecule has 3 atom stereocenters. The molecule has 0 spiro atoms. The number of carbonyl (C=O) groups is 3. The number of allylic oxidation sites excluding steroid dienone is 2. The van der Waals surface area contributed by atoms with E-state index in [1.165, 1.54) is 41.3 Å². The van der Waals surface area contributed by atoms with E-state index in [9.17, 15) is 31.9 Å². The van der Waals surface area contributed by atoms with E-state index in [4.69, 9.17) is 15.2 Å². The number of anilines is 1. The number of ketones is 1. The van der Waals surface area contributed by atoms with Crippen LogP contribution in [0.4, 0.5) is 23.2 Å². The van der Waals surface area contributed by atoms with Gasteiger partial charge < -0.3 is 15.2 Å². The van der Waals surface area contributed by atoms with Crippen LogP contribution in [0.15, 0.2) is 102 Å². The fraction of sp³-hybridized carbons (Fsp3) is 0.265. The van der Waals surface area contributed by atoms with Gasteiger partial charge in [-0.3, -0.25) is 14.5 Å². The van der Waals surface area contributed by atoms with Crippen molar-refractivity contribution in [3.8, 4) is 0 Å². The second-order valence-electron chi connectivity index (χ2n) is 10.6. The lowest BCUT2D eigenvalue weighted by molar-refractivity contribution is -0.152. The van der Waals surface area contributed by atoms with Crippen molar-refractivity contribution in [3.63, 3.8) is 0 Å². The maximum absolute atomic E-state index is 14.7. The Labute approximate surface area is 256 Å². The molecule has 0 bridgehead atoms. The van der Waals surface area contributed by atoms with Gasteiger partial charge in [-0.2, -0.15) is 13.2 Å². The molecular weight excluding hydrogens is 592 g/mol. The lowest BCUT2D eigenvalue weighted by Gasteiger charge is -2.44. The van der Waals surface area contributed by atoms with E-state index in [1.54, 1.807) is 44.2 Å². The molecular formula is C34H30F4N2O5. The number of benzene rings is 3. The summed E-state index contributed by atoms with van der Waals surface area (Å²) in [6.07, 6.45) is -4.58. The van der Waals surface area contributed by atoms with Crippen molar-refractivity contribution in [2.45, 2.75) is 38.3 Å². The van der Waals surface area contributed by atoms with E-state index in [1.807, 2.05) is 0 Å². The number of nitrogens with two attached hydrogens (primary N) is 1.